The Morgan fingerprint density at radius 3 is 2.40 bits per heavy atom. The Bertz CT molecular complexity index is 403. The van der Waals surface area contributed by atoms with Gasteiger partial charge in [0.25, 0.3) is 0 Å². The maximum atomic E-state index is 11.9. The van der Waals surface area contributed by atoms with Crippen LogP contribution < -0.4 is 5.32 Å². The van der Waals surface area contributed by atoms with Gasteiger partial charge in [-0.15, -0.1) is 0 Å². The predicted molar refractivity (Wildman–Crippen MR) is 80.9 cm³/mol. The van der Waals surface area contributed by atoms with Gasteiger partial charge in [-0.05, 0) is 26.2 Å². The van der Waals surface area contributed by atoms with Gasteiger partial charge in [-0.3, -0.25) is 4.79 Å². The predicted octanol–water partition coefficient (Wildman–Crippen LogP) is 1.89. The van der Waals surface area contributed by atoms with Crippen LogP contribution in [0.15, 0.2) is 0 Å². The lowest BCUT2D eigenvalue weighted by molar-refractivity contribution is -0.121. The van der Waals surface area contributed by atoms with Crippen molar-refractivity contribution in [2.24, 2.45) is 0 Å². The highest BCUT2D eigenvalue weighted by atomic mass is 32.2. The molecule has 1 rings (SSSR count). The van der Waals surface area contributed by atoms with E-state index in [9.17, 15) is 13.2 Å². The number of carbonyl (C=O) groups is 1. The molecule has 6 heteroatoms. The van der Waals surface area contributed by atoms with Gasteiger partial charge in [0.1, 0.15) is 0 Å². The van der Waals surface area contributed by atoms with Crippen molar-refractivity contribution in [2.45, 2.75) is 70.9 Å². The van der Waals surface area contributed by atoms with Gasteiger partial charge in [0, 0.05) is 25.0 Å². The van der Waals surface area contributed by atoms with Crippen LogP contribution in [0.2, 0.25) is 0 Å². The Labute approximate surface area is 123 Å². The van der Waals surface area contributed by atoms with Gasteiger partial charge in [-0.25, -0.2) is 8.42 Å². The number of sulfonamides is 1. The zero-order valence-corrected chi connectivity index (χ0v) is 13.7. The molecule has 0 aliphatic heterocycles. The smallest absolute Gasteiger partial charge is 0.221 e. The highest BCUT2D eigenvalue weighted by Gasteiger charge is 2.28. The van der Waals surface area contributed by atoms with Crippen molar-refractivity contribution in [3.05, 3.63) is 0 Å². The van der Waals surface area contributed by atoms with Gasteiger partial charge in [0.2, 0.25) is 15.9 Å². The minimum atomic E-state index is -3.24. The molecule has 5 nitrogen and oxygen atoms in total. The molecule has 1 fully saturated rings. The second-order valence-electron chi connectivity index (χ2n) is 5.79. The van der Waals surface area contributed by atoms with E-state index >= 15 is 0 Å². The van der Waals surface area contributed by atoms with Crippen molar-refractivity contribution in [1.82, 2.24) is 9.62 Å². The first-order valence-corrected chi connectivity index (χ1v) is 9.45. The Balaban J connectivity index is 2.55. The normalized spacial score (nSPS) is 19.0. The third-order valence-electron chi connectivity index (χ3n) is 3.99. The van der Waals surface area contributed by atoms with Gasteiger partial charge in [-0.2, -0.15) is 4.31 Å². The molecule has 1 unspecified atom stereocenters. The summed E-state index contributed by atoms with van der Waals surface area (Å²) >= 11 is 0. The molecule has 20 heavy (non-hydrogen) atoms. The molecule has 118 valence electrons. The molecule has 0 saturated heterocycles. The van der Waals surface area contributed by atoms with E-state index in [0.717, 1.165) is 32.1 Å². The molecule has 0 aromatic heterocycles. The molecule has 0 radical (unpaired) electrons. The summed E-state index contributed by atoms with van der Waals surface area (Å²) in [5.74, 6) is -0.0659. The quantitative estimate of drug-likeness (QED) is 0.781. The second kappa shape index (κ2) is 7.98. The molecular weight excluding hydrogens is 276 g/mol. The molecule has 1 aliphatic carbocycles. The van der Waals surface area contributed by atoms with Crippen LogP contribution in [0.5, 0.6) is 0 Å². The van der Waals surface area contributed by atoms with Gasteiger partial charge >= 0.3 is 0 Å². The third kappa shape index (κ3) is 5.79. The van der Waals surface area contributed by atoms with Crippen molar-refractivity contribution < 1.29 is 13.2 Å². The first kappa shape index (κ1) is 17.4. The Morgan fingerprint density at radius 2 is 1.90 bits per heavy atom. The largest absolute Gasteiger partial charge is 0.354 e. The Kier molecular flexibility index (Phi) is 6.95. The van der Waals surface area contributed by atoms with E-state index in [1.54, 1.807) is 0 Å². The fourth-order valence-electron chi connectivity index (χ4n) is 2.65. The summed E-state index contributed by atoms with van der Waals surface area (Å²) in [5, 5.41) is 2.88. The average molecular weight is 304 g/mol. The van der Waals surface area contributed by atoms with E-state index < -0.39 is 10.0 Å². The van der Waals surface area contributed by atoms with Crippen molar-refractivity contribution >= 4 is 15.9 Å². The number of nitrogens with one attached hydrogen (secondary N) is 1. The number of carbonyl (C=O) groups excluding carboxylic acids is 1. The standard InChI is InChI=1S/C14H28N2O3S/c1-4-12(2)15-14(17)10-11-16(20(3,18)19)13-8-6-5-7-9-13/h12-13H,4-11H2,1-3H3,(H,15,17). The second-order valence-corrected chi connectivity index (χ2v) is 7.73. The minimum Gasteiger partial charge on any atom is -0.354 e. The molecular formula is C14H28N2O3S. The fourth-order valence-corrected chi connectivity index (χ4v) is 3.82. The number of amides is 1. The number of hydrogen-bond acceptors (Lipinski definition) is 3. The molecule has 1 amide bonds. The zero-order valence-electron chi connectivity index (χ0n) is 12.9. The van der Waals surface area contributed by atoms with Crippen LogP contribution in [-0.4, -0.2) is 43.5 Å². The Morgan fingerprint density at radius 1 is 1.30 bits per heavy atom. The zero-order chi connectivity index (χ0) is 15.2. The Hall–Kier alpha value is -0.620. The van der Waals surface area contributed by atoms with Crippen molar-refractivity contribution in [3.8, 4) is 0 Å². The lowest BCUT2D eigenvalue weighted by Crippen LogP contribution is -2.43. The summed E-state index contributed by atoms with van der Waals surface area (Å²) in [6, 6.07) is 0.221. The summed E-state index contributed by atoms with van der Waals surface area (Å²) in [4.78, 5) is 11.8. The highest BCUT2D eigenvalue weighted by molar-refractivity contribution is 7.88. The van der Waals surface area contributed by atoms with Crippen LogP contribution in [0, 0.1) is 0 Å². The number of rotatable bonds is 7. The first-order chi connectivity index (χ1) is 9.34. The van der Waals surface area contributed by atoms with E-state index in [4.69, 9.17) is 0 Å². The molecule has 1 aliphatic rings. The van der Waals surface area contributed by atoms with Crippen LogP contribution in [-0.2, 0) is 14.8 Å². The van der Waals surface area contributed by atoms with E-state index in [1.807, 2.05) is 13.8 Å². The average Bonchev–Trinajstić information content (AvgIpc) is 2.38. The maximum absolute atomic E-state index is 11.9. The van der Waals surface area contributed by atoms with Crippen molar-refractivity contribution in [1.29, 1.82) is 0 Å². The molecule has 0 spiro atoms. The molecule has 0 aromatic rings. The van der Waals surface area contributed by atoms with E-state index in [-0.39, 0.29) is 24.4 Å². The number of hydrogen-bond donors (Lipinski definition) is 1. The SMILES string of the molecule is CCC(C)NC(=O)CCN(C1CCCCC1)S(C)(=O)=O. The van der Waals surface area contributed by atoms with Gasteiger partial charge in [0.05, 0.1) is 6.26 Å². The van der Waals surface area contributed by atoms with Crippen LogP contribution in [0.3, 0.4) is 0 Å². The van der Waals surface area contributed by atoms with E-state index in [2.05, 4.69) is 5.32 Å². The maximum Gasteiger partial charge on any atom is 0.221 e. The van der Waals surface area contributed by atoms with Crippen molar-refractivity contribution in [2.75, 3.05) is 12.8 Å². The molecule has 0 aromatic carbocycles. The summed E-state index contributed by atoms with van der Waals surface area (Å²) in [6.45, 7) is 4.26. The monoisotopic (exact) mass is 304 g/mol. The van der Waals surface area contributed by atoms with Crippen LogP contribution >= 0.6 is 0 Å². The van der Waals surface area contributed by atoms with Crippen LogP contribution in [0.1, 0.15) is 58.8 Å². The molecule has 1 atom stereocenters. The summed E-state index contributed by atoms with van der Waals surface area (Å²) in [7, 11) is -3.24. The third-order valence-corrected chi connectivity index (χ3v) is 5.32. The fraction of sp³-hybridized carbons (Fsp3) is 0.929. The van der Waals surface area contributed by atoms with Crippen molar-refractivity contribution in [3.63, 3.8) is 0 Å². The highest BCUT2D eigenvalue weighted by Crippen LogP contribution is 2.24. The summed E-state index contributed by atoms with van der Waals surface area (Å²) < 4.78 is 25.4. The minimum absolute atomic E-state index is 0.0659. The molecule has 1 N–H and O–H groups in total. The summed E-state index contributed by atoms with van der Waals surface area (Å²) in [5.41, 5.74) is 0. The first-order valence-electron chi connectivity index (χ1n) is 7.60. The topological polar surface area (TPSA) is 66.5 Å². The van der Waals surface area contributed by atoms with E-state index in [1.165, 1.54) is 17.0 Å². The lowest BCUT2D eigenvalue weighted by Gasteiger charge is -2.32. The number of nitrogens with zero attached hydrogens (tertiary/aromatic N) is 1. The van der Waals surface area contributed by atoms with Gasteiger partial charge in [0.15, 0.2) is 0 Å². The lowest BCUT2D eigenvalue weighted by atomic mass is 9.95. The van der Waals surface area contributed by atoms with Crippen LogP contribution in [0.25, 0.3) is 0 Å². The van der Waals surface area contributed by atoms with Gasteiger partial charge in [-0.1, -0.05) is 26.2 Å². The van der Waals surface area contributed by atoms with E-state index in [0.29, 0.717) is 6.54 Å². The summed E-state index contributed by atoms with van der Waals surface area (Å²) in [6.07, 6.45) is 7.54. The molecule has 1 saturated carbocycles. The molecule has 0 bridgehead atoms. The molecule has 0 heterocycles. The van der Waals surface area contributed by atoms with Gasteiger partial charge < -0.3 is 5.32 Å². The van der Waals surface area contributed by atoms with Crippen LogP contribution in [0.4, 0.5) is 0 Å².